The van der Waals surface area contributed by atoms with Crippen molar-refractivity contribution in [3.05, 3.63) is 74.4 Å². The van der Waals surface area contributed by atoms with Crippen molar-refractivity contribution < 1.29 is 57.0 Å². The first-order valence-electron chi connectivity index (χ1n) is 19.5. The molecule has 57 heavy (non-hydrogen) atoms. The van der Waals surface area contributed by atoms with Gasteiger partial charge in [-0.15, -0.1) is 0 Å². The summed E-state index contributed by atoms with van der Waals surface area (Å²) in [6, 6.07) is 11.6. The second-order valence-corrected chi connectivity index (χ2v) is 12.8. The Morgan fingerprint density at radius 2 is 0.596 bits per heavy atom. The number of rotatable bonds is 27. The van der Waals surface area contributed by atoms with Gasteiger partial charge in [0.05, 0.1) is 19.8 Å². The first-order valence-corrected chi connectivity index (χ1v) is 19.5. The smallest absolute Gasteiger partial charge is 0.330 e. The van der Waals surface area contributed by atoms with Crippen molar-refractivity contribution in [2.75, 3.05) is 59.5 Å². The Balaban J connectivity index is 1.99. The average molecular weight is 787 g/mol. The summed E-state index contributed by atoms with van der Waals surface area (Å²) in [5, 5.41) is 4.95. The minimum absolute atomic E-state index is 0.0115. The molecular formula is C45H54O12. The third kappa shape index (κ3) is 12.5. The molecule has 0 unspecified atom stereocenters. The number of hydrogen-bond donors (Lipinski definition) is 0. The van der Waals surface area contributed by atoms with Gasteiger partial charge in [-0.25, -0.2) is 14.4 Å². The maximum Gasteiger partial charge on any atom is 0.330 e. The van der Waals surface area contributed by atoms with Crippen LogP contribution in [0.15, 0.2) is 74.4 Å². The molecule has 0 bridgehead atoms. The van der Waals surface area contributed by atoms with E-state index in [1.807, 2.05) is 36.4 Å². The minimum atomic E-state index is -0.545. The van der Waals surface area contributed by atoms with Crippen molar-refractivity contribution in [3.63, 3.8) is 0 Å². The van der Waals surface area contributed by atoms with Crippen LogP contribution in [0.5, 0.6) is 34.5 Å². The number of carbonyl (C=O) groups excluding carboxylic acids is 3. The van der Waals surface area contributed by atoms with Gasteiger partial charge in [0.25, 0.3) is 0 Å². The molecule has 4 aromatic carbocycles. The van der Waals surface area contributed by atoms with E-state index < -0.39 is 17.9 Å². The van der Waals surface area contributed by atoms with Gasteiger partial charge in [0.15, 0.2) is 34.5 Å². The van der Waals surface area contributed by atoms with Crippen LogP contribution >= 0.6 is 0 Å². The predicted molar refractivity (Wildman–Crippen MR) is 220 cm³/mol. The van der Waals surface area contributed by atoms with Crippen LogP contribution in [0.25, 0.3) is 32.3 Å². The molecule has 0 spiro atoms. The third-order valence-corrected chi connectivity index (χ3v) is 8.64. The summed E-state index contributed by atoms with van der Waals surface area (Å²) in [6.45, 7) is 18.3. The van der Waals surface area contributed by atoms with Crippen LogP contribution in [0.1, 0.15) is 59.3 Å². The molecule has 0 aromatic heterocycles. The monoisotopic (exact) mass is 786 g/mol. The molecule has 306 valence electrons. The lowest BCUT2D eigenvalue weighted by Crippen LogP contribution is -2.11. The van der Waals surface area contributed by atoms with E-state index in [-0.39, 0.29) is 39.6 Å². The van der Waals surface area contributed by atoms with E-state index in [1.54, 1.807) is 0 Å². The van der Waals surface area contributed by atoms with E-state index in [1.165, 1.54) is 0 Å². The Kier molecular flexibility index (Phi) is 17.9. The lowest BCUT2D eigenvalue weighted by atomic mass is 9.93. The second-order valence-electron chi connectivity index (χ2n) is 12.8. The van der Waals surface area contributed by atoms with E-state index in [0.717, 1.165) is 89.1 Å². The Bertz CT molecular complexity index is 1760. The normalized spacial score (nSPS) is 10.8. The van der Waals surface area contributed by atoms with Crippen molar-refractivity contribution in [2.45, 2.75) is 59.3 Å². The molecule has 0 aliphatic carbocycles. The zero-order valence-electron chi connectivity index (χ0n) is 33.3. The number of carbonyl (C=O) groups is 3. The summed E-state index contributed by atoms with van der Waals surface area (Å²) in [5.41, 5.74) is 0. The highest BCUT2D eigenvalue weighted by Gasteiger charge is 2.21. The molecule has 4 aromatic rings. The molecule has 0 amide bonds. The molecule has 0 atom stereocenters. The van der Waals surface area contributed by atoms with Crippen LogP contribution in [0.4, 0.5) is 0 Å². The molecule has 4 rings (SSSR count). The first kappa shape index (κ1) is 43.8. The molecule has 12 nitrogen and oxygen atoms in total. The summed E-state index contributed by atoms with van der Waals surface area (Å²) in [7, 11) is 0. The number of hydrogen-bond acceptors (Lipinski definition) is 12. The molecule has 0 aliphatic rings. The van der Waals surface area contributed by atoms with Crippen LogP contribution in [-0.2, 0) is 28.6 Å². The van der Waals surface area contributed by atoms with E-state index in [9.17, 15) is 14.4 Å². The van der Waals surface area contributed by atoms with Crippen molar-refractivity contribution in [3.8, 4) is 34.5 Å². The molecular weight excluding hydrogens is 732 g/mol. The van der Waals surface area contributed by atoms with Crippen LogP contribution in [0.2, 0.25) is 0 Å². The zero-order chi connectivity index (χ0) is 41.0. The van der Waals surface area contributed by atoms with Gasteiger partial charge >= 0.3 is 17.9 Å². The minimum Gasteiger partial charge on any atom is -0.490 e. The van der Waals surface area contributed by atoms with Crippen molar-refractivity contribution >= 4 is 50.2 Å². The fraction of sp³-hybridized carbons (Fsp3) is 0.400. The standard InChI is InChI=1S/C45H54O12/c1-7-13-16-49-37-25-31-34(28-40(37)52-19-22-55-43(46)10-4)32-26-38(50-17-14-8-2)42(54-21-24-57-45(48)12-6)30-36(32)33-27-39(51-18-15-9-3)41(29-35(31)33)53-20-23-56-44(47)11-5/h10-12,25-30H,4-9,13-24H2,1-3H3. The molecule has 0 radical (unpaired) electrons. The predicted octanol–water partition coefficient (Wildman–Crippen LogP) is 9.01. The first-order chi connectivity index (χ1) is 27.8. The highest BCUT2D eigenvalue weighted by molar-refractivity contribution is 6.26. The molecule has 0 fully saturated rings. The second kappa shape index (κ2) is 23.2. The Morgan fingerprint density at radius 1 is 0.386 bits per heavy atom. The Morgan fingerprint density at radius 3 is 0.789 bits per heavy atom. The number of ether oxygens (including phenoxy) is 9. The average Bonchev–Trinajstić information content (AvgIpc) is 3.22. The van der Waals surface area contributed by atoms with Crippen molar-refractivity contribution in [1.82, 2.24) is 0 Å². The lowest BCUT2D eigenvalue weighted by Gasteiger charge is -2.20. The largest absolute Gasteiger partial charge is 0.490 e. The Hall–Kier alpha value is -5.91. The van der Waals surface area contributed by atoms with E-state index in [2.05, 4.69) is 40.5 Å². The number of unbranched alkanes of at least 4 members (excludes halogenated alkanes) is 3. The van der Waals surface area contributed by atoms with Gasteiger partial charge in [-0.05, 0) is 88.0 Å². The van der Waals surface area contributed by atoms with Gasteiger partial charge in [-0.1, -0.05) is 59.8 Å². The number of benzene rings is 4. The molecule has 0 saturated heterocycles. The SMILES string of the molecule is C=CC(=O)OCCOc1cc2c(cc1OCCCC)c1cc(OCCOC(=O)C=C)c(OCCCC)cc1c1cc(OCCOC(=O)C=C)c(OCCCC)cc21. The lowest BCUT2D eigenvalue weighted by molar-refractivity contribution is -0.139. The highest BCUT2D eigenvalue weighted by atomic mass is 16.6. The molecule has 12 heteroatoms. The fourth-order valence-electron chi connectivity index (χ4n) is 5.73. The summed E-state index contributed by atoms with van der Waals surface area (Å²) in [4.78, 5) is 35.2. The molecule has 0 saturated carbocycles. The van der Waals surface area contributed by atoms with Crippen LogP contribution in [-0.4, -0.2) is 77.4 Å². The maximum absolute atomic E-state index is 11.7. The number of esters is 3. The maximum atomic E-state index is 11.7. The summed E-state index contributed by atoms with van der Waals surface area (Å²) in [6.07, 6.45) is 8.58. The van der Waals surface area contributed by atoms with Gasteiger partial charge in [-0.3, -0.25) is 0 Å². The fourth-order valence-corrected chi connectivity index (χ4v) is 5.73. The molecule has 0 aliphatic heterocycles. The van der Waals surface area contributed by atoms with Gasteiger partial charge in [0, 0.05) is 18.2 Å². The van der Waals surface area contributed by atoms with Gasteiger partial charge in [-0.2, -0.15) is 0 Å². The summed E-state index contributed by atoms with van der Waals surface area (Å²) < 4.78 is 53.1. The quantitative estimate of drug-likeness (QED) is 0.0188. The van der Waals surface area contributed by atoms with Crippen LogP contribution in [0.3, 0.4) is 0 Å². The Labute approximate surface area is 334 Å². The van der Waals surface area contributed by atoms with Crippen molar-refractivity contribution in [1.29, 1.82) is 0 Å². The molecule has 0 N–H and O–H groups in total. The van der Waals surface area contributed by atoms with E-state index >= 15 is 0 Å². The van der Waals surface area contributed by atoms with Gasteiger partial charge < -0.3 is 42.6 Å². The highest BCUT2D eigenvalue weighted by Crippen LogP contribution is 2.47. The third-order valence-electron chi connectivity index (χ3n) is 8.64. The van der Waals surface area contributed by atoms with Crippen LogP contribution in [0, 0.1) is 0 Å². The van der Waals surface area contributed by atoms with Gasteiger partial charge in [0.1, 0.15) is 39.6 Å². The molecule has 0 heterocycles. The summed E-state index contributed by atoms with van der Waals surface area (Å²) >= 11 is 0. The zero-order valence-corrected chi connectivity index (χ0v) is 33.3. The van der Waals surface area contributed by atoms with Crippen LogP contribution < -0.4 is 28.4 Å². The topological polar surface area (TPSA) is 134 Å². The van der Waals surface area contributed by atoms with E-state index in [4.69, 9.17) is 42.6 Å². The summed E-state index contributed by atoms with van der Waals surface area (Å²) in [5.74, 6) is 1.31. The number of fused-ring (bicyclic) bond motifs is 6. The van der Waals surface area contributed by atoms with E-state index in [0.29, 0.717) is 54.3 Å². The van der Waals surface area contributed by atoms with Gasteiger partial charge in [0.2, 0.25) is 0 Å². The van der Waals surface area contributed by atoms with Crippen molar-refractivity contribution in [2.24, 2.45) is 0 Å².